The van der Waals surface area contributed by atoms with Crippen molar-refractivity contribution in [2.24, 2.45) is 0 Å². The van der Waals surface area contributed by atoms with Crippen LogP contribution in [-0.2, 0) is 5.60 Å². The third-order valence-electron chi connectivity index (χ3n) is 2.85. The minimum absolute atomic E-state index is 0.450. The molecule has 1 aliphatic rings. The monoisotopic (exact) mass is 193 g/mol. The molecule has 3 N–H and O–H groups in total. The van der Waals surface area contributed by atoms with Gasteiger partial charge in [0.1, 0.15) is 5.60 Å². The third-order valence-corrected chi connectivity index (χ3v) is 2.85. The van der Waals surface area contributed by atoms with Crippen molar-refractivity contribution in [2.45, 2.75) is 18.1 Å². The van der Waals surface area contributed by atoms with E-state index in [4.69, 9.17) is 0 Å². The maximum atomic E-state index is 10.3. The van der Waals surface area contributed by atoms with E-state index in [0.717, 1.165) is 12.1 Å². The van der Waals surface area contributed by atoms with Crippen LogP contribution in [0.5, 0.6) is 0 Å². The summed E-state index contributed by atoms with van der Waals surface area (Å²) < 4.78 is 0. The Morgan fingerprint density at radius 2 is 2.00 bits per heavy atom. The predicted molar refractivity (Wildman–Crippen MR) is 53.8 cm³/mol. The van der Waals surface area contributed by atoms with Crippen molar-refractivity contribution >= 4 is 0 Å². The van der Waals surface area contributed by atoms with Crippen molar-refractivity contribution in [1.82, 2.24) is 5.32 Å². The second-order valence-corrected chi connectivity index (χ2v) is 3.76. The summed E-state index contributed by atoms with van der Waals surface area (Å²) in [5.74, 6) is 0. The molecular weight excluding hydrogens is 178 g/mol. The highest BCUT2D eigenvalue weighted by Gasteiger charge is 2.39. The molecule has 1 aromatic carbocycles. The minimum atomic E-state index is -1.08. The fraction of sp³-hybridized carbons (Fsp3) is 0.455. The zero-order chi connectivity index (χ0) is 10.0. The van der Waals surface area contributed by atoms with Gasteiger partial charge in [-0.25, -0.2) is 0 Å². The van der Waals surface area contributed by atoms with Crippen LogP contribution < -0.4 is 5.32 Å². The lowest BCUT2D eigenvalue weighted by atomic mass is 9.83. The van der Waals surface area contributed by atoms with Crippen LogP contribution in [0.1, 0.15) is 12.0 Å². The molecule has 1 unspecified atom stereocenters. The molecule has 2 atom stereocenters. The molecule has 0 spiro atoms. The summed E-state index contributed by atoms with van der Waals surface area (Å²) in [6.07, 6.45) is -0.170. The normalized spacial score (nSPS) is 32.9. The number of β-amino-alcohol motifs (C(OH)–C–C–N with tert-alkyl or cyclic N) is 1. The molecule has 1 heterocycles. The molecule has 3 nitrogen and oxygen atoms in total. The van der Waals surface area contributed by atoms with Crippen LogP contribution in [0.4, 0.5) is 0 Å². The highest BCUT2D eigenvalue weighted by Crippen LogP contribution is 2.30. The number of benzene rings is 1. The Morgan fingerprint density at radius 3 is 2.64 bits per heavy atom. The molecule has 0 saturated carbocycles. The molecule has 0 bridgehead atoms. The van der Waals surface area contributed by atoms with E-state index in [0.29, 0.717) is 13.0 Å². The van der Waals surface area contributed by atoms with Gasteiger partial charge < -0.3 is 15.5 Å². The average molecular weight is 193 g/mol. The van der Waals surface area contributed by atoms with E-state index in [-0.39, 0.29) is 0 Å². The van der Waals surface area contributed by atoms with E-state index < -0.39 is 11.7 Å². The number of piperidine rings is 1. The predicted octanol–water partition coefficient (Wildman–Crippen LogP) is 0.228. The molecule has 2 rings (SSSR count). The van der Waals surface area contributed by atoms with Crippen molar-refractivity contribution < 1.29 is 10.2 Å². The number of aliphatic hydroxyl groups is 2. The standard InChI is InChI=1S/C11H15NO2/c13-10-8-12-7-6-11(10,14)9-4-2-1-3-5-9/h1-5,10,12-14H,6-8H2/t10?,11-/m0/s1. The number of aliphatic hydroxyl groups excluding tert-OH is 1. The Kier molecular flexibility index (Phi) is 2.54. The molecule has 0 radical (unpaired) electrons. The van der Waals surface area contributed by atoms with Gasteiger partial charge in [0.05, 0.1) is 6.10 Å². The third kappa shape index (κ3) is 1.54. The summed E-state index contributed by atoms with van der Waals surface area (Å²) in [5, 5.41) is 23.1. The van der Waals surface area contributed by atoms with E-state index in [1.54, 1.807) is 0 Å². The Labute approximate surface area is 83.4 Å². The molecule has 14 heavy (non-hydrogen) atoms. The molecule has 76 valence electrons. The van der Waals surface area contributed by atoms with Gasteiger partial charge in [-0.05, 0) is 18.5 Å². The Balaban J connectivity index is 2.30. The first-order chi connectivity index (χ1) is 6.73. The van der Waals surface area contributed by atoms with Gasteiger partial charge in [0.2, 0.25) is 0 Å². The first-order valence-corrected chi connectivity index (χ1v) is 4.90. The van der Waals surface area contributed by atoms with Crippen LogP contribution in [0.3, 0.4) is 0 Å². The van der Waals surface area contributed by atoms with Crippen molar-refractivity contribution in [1.29, 1.82) is 0 Å². The van der Waals surface area contributed by atoms with Crippen LogP contribution in [0.2, 0.25) is 0 Å². The average Bonchev–Trinajstić information content (AvgIpc) is 2.24. The van der Waals surface area contributed by atoms with Gasteiger partial charge in [0.15, 0.2) is 0 Å². The lowest BCUT2D eigenvalue weighted by Crippen LogP contribution is -2.51. The van der Waals surface area contributed by atoms with Crippen molar-refractivity contribution in [3.63, 3.8) is 0 Å². The first kappa shape index (κ1) is 9.65. The van der Waals surface area contributed by atoms with E-state index >= 15 is 0 Å². The largest absolute Gasteiger partial charge is 0.388 e. The topological polar surface area (TPSA) is 52.5 Å². The second kappa shape index (κ2) is 3.69. The van der Waals surface area contributed by atoms with Crippen molar-refractivity contribution in [3.8, 4) is 0 Å². The van der Waals surface area contributed by atoms with Crippen LogP contribution in [0.15, 0.2) is 30.3 Å². The zero-order valence-electron chi connectivity index (χ0n) is 7.98. The fourth-order valence-corrected chi connectivity index (χ4v) is 1.92. The number of rotatable bonds is 1. The summed E-state index contributed by atoms with van der Waals surface area (Å²) in [5.41, 5.74) is -0.277. The summed E-state index contributed by atoms with van der Waals surface area (Å²) in [7, 11) is 0. The van der Waals surface area contributed by atoms with E-state index in [2.05, 4.69) is 5.32 Å². The molecule has 1 fully saturated rings. The Morgan fingerprint density at radius 1 is 1.29 bits per heavy atom. The van der Waals surface area contributed by atoms with E-state index in [1.807, 2.05) is 30.3 Å². The Bertz CT molecular complexity index is 301. The molecule has 1 aliphatic heterocycles. The van der Waals surface area contributed by atoms with Crippen LogP contribution in [-0.4, -0.2) is 29.4 Å². The number of hydrogen-bond donors (Lipinski definition) is 3. The van der Waals surface area contributed by atoms with Gasteiger partial charge in [-0.2, -0.15) is 0 Å². The summed E-state index contributed by atoms with van der Waals surface area (Å²) in [6, 6.07) is 9.37. The van der Waals surface area contributed by atoms with Gasteiger partial charge in [-0.15, -0.1) is 0 Å². The summed E-state index contributed by atoms with van der Waals surface area (Å²) in [6.45, 7) is 1.19. The maximum Gasteiger partial charge on any atom is 0.118 e. The molecule has 0 aromatic heterocycles. The Hall–Kier alpha value is -0.900. The van der Waals surface area contributed by atoms with Gasteiger partial charge in [-0.1, -0.05) is 30.3 Å². The summed E-state index contributed by atoms with van der Waals surface area (Å²) >= 11 is 0. The van der Waals surface area contributed by atoms with Crippen LogP contribution in [0.25, 0.3) is 0 Å². The SMILES string of the molecule is OC1CNCC[C@]1(O)c1ccccc1. The lowest BCUT2D eigenvalue weighted by molar-refractivity contribution is -0.0976. The highest BCUT2D eigenvalue weighted by molar-refractivity contribution is 5.24. The smallest absolute Gasteiger partial charge is 0.118 e. The van der Waals surface area contributed by atoms with Crippen LogP contribution >= 0.6 is 0 Å². The molecule has 1 saturated heterocycles. The molecule has 0 aliphatic carbocycles. The minimum Gasteiger partial charge on any atom is -0.388 e. The first-order valence-electron chi connectivity index (χ1n) is 4.90. The summed E-state index contributed by atoms with van der Waals surface area (Å²) in [4.78, 5) is 0. The molecule has 1 aromatic rings. The molecule has 3 heteroatoms. The number of nitrogens with one attached hydrogen (secondary N) is 1. The lowest BCUT2D eigenvalue weighted by Gasteiger charge is -2.37. The zero-order valence-corrected chi connectivity index (χ0v) is 7.98. The van der Waals surface area contributed by atoms with Gasteiger partial charge >= 0.3 is 0 Å². The highest BCUT2D eigenvalue weighted by atomic mass is 16.3. The van der Waals surface area contributed by atoms with E-state index in [9.17, 15) is 10.2 Å². The van der Waals surface area contributed by atoms with Crippen LogP contribution in [0, 0.1) is 0 Å². The van der Waals surface area contributed by atoms with Crippen molar-refractivity contribution in [2.75, 3.05) is 13.1 Å². The molecule has 0 amide bonds. The van der Waals surface area contributed by atoms with Gasteiger partial charge in [0, 0.05) is 6.54 Å². The maximum absolute atomic E-state index is 10.3. The van der Waals surface area contributed by atoms with Crippen molar-refractivity contribution in [3.05, 3.63) is 35.9 Å². The van der Waals surface area contributed by atoms with E-state index in [1.165, 1.54) is 0 Å². The number of hydrogen-bond acceptors (Lipinski definition) is 3. The van der Waals surface area contributed by atoms with Gasteiger partial charge in [0.25, 0.3) is 0 Å². The van der Waals surface area contributed by atoms with Gasteiger partial charge in [-0.3, -0.25) is 0 Å². The quantitative estimate of drug-likeness (QED) is 0.598. The second-order valence-electron chi connectivity index (χ2n) is 3.76. The molecular formula is C11H15NO2. The fourth-order valence-electron chi connectivity index (χ4n) is 1.92.